The van der Waals surface area contributed by atoms with Gasteiger partial charge in [0.2, 0.25) is 0 Å². The summed E-state index contributed by atoms with van der Waals surface area (Å²) in [6.07, 6.45) is 5.09. The maximum absolute atomic E-state index is 12.1. The first kappa shape index (κ1) is 16.4. The molecule has 0 aliphatic carbocycles. The van der Waals surface area contributed by atoms with E-state index in [-0.39, 0.29) is 17.7 Å². The van der Waals surface area contributed by atoms with Crippen LogP contribution in [-0.4, -0.2) is 68.0 Å². The second kappa shape index (κ2) is 7.07. The van der Waals surface area contributed by atoms with Crippen LogP contribution in [0.15, 0.2) is 35.4 Å². The fourth-order valence-corrected chi connectivity index (χ4v) is 3.69. The number of aliphatic hydroxyl groups is 1. The van der Waals surface area contributed by atoms with Gasteiger partial charge in [-0.15, -0.1) is 5.10 Å². The van der Waals surface area contributed by atoms with Gasteiger partial charge in [-0.1, -0.05) is 0 Å². The maximum Gasteiger partial charge on any atom is 0.266 e. The van der Waals surface area contributed by atoms with Crippen LogP contribution >= 0.6 is 0 Å². The van der Waals surface area contributed by atoms with Crippen molar-refractivity contribution >= 4 is 0 Å². The van der Waals surface area contributed by atoms with Crippen molar-refractivity contribution in [2.24, 2.45) is 5.92 Å². The Labute approximate surface area is 145 Å². The molecule has 2 aliphatic heterocycles. The first-order chi connectivity index (χ1) is 12.2. The summed E-state index contributed by atoms with van der Waals surface area (Å²) >= 11 is 0. The topological polar surface area (TPSA) is 85.4 Å². The molecule has 4 heterocycles. The molecule has 2 saturated heterocycles. The van der Waals surface area contributed by atoms with E-state index in [4.69, 9.17) is 4.74 Å². The van der Waals surface area contributed by atoms with Crippen molar-refractivity contribution in [2.75, 3.05) is 26.3 Å². The fraction of sp³-hybridized carbons (Fsp3) is 0.588. The van der Waals surface area contributed by atoms with Gasteiger partial charge < -0.3 is 9.84 Å². The molecule has 2 aliphatic rings. The second-order valence-corrected chi connectivity index (χ2v) is 6.81. The molecule has 1 N–H and O–H groups in total. The highest BCUT2D eigenvalue weighted by Crippen LogP contribution is 2.23. The lowest BCUT2D eigenvalue weighted by atomic mass is 9.95. The van der Waals surface area contributed by atoms with Crippen LogP contribution in [0.1, 0.15) is 12.8 Å². The molecule has 0 aromatic carbocycles. The summed E-state index contributed by atoms with van der Waals surface area (Å²) in [6, 6.07) is 5.18. The molecule has 4 rings (SSSR count). The zero-order valence-electron chi connectivity index (χ0n) is 14.1. The van der Waals surface area contributed by atoms with Gasteiger partial charge in [0.15, 0.2) is 5.82 Å². The van der Waals surface area contributed by atoms with Crippen LogP contribution in [0, 0.1) is 5.92 Å². The molecule has 2 fully saturated rings. The Kier molecular flexibility index (Phi) is 4.65. The molecule has 0 radical (unpaired) electrons. The van der Waals surface area contributed by atoms with E-state index in [1.165, 1.54) is 0 Å². The number of likely N-dealkylation sites (tertiary alicyclic amines) is 1. The van der Waals surface area contributed by atoms with Gasteiger partial charge in [0.1, 0.15) is 0 Å². The molecule has 8 nitrogen and oxygen atoms in total. The molecule has 2 aromatic rings. The van der Waals surface area contributed by atoms with E-state index in [9.17, 15) is 9.90 Å². The van der Waals surface area contributed by atoms with Crippen molar-refractivity contribution in [3.05, 3.63) is 40.9 Å². The van der Waals surface area contributed by atoms with Gasteiger partial charge in [-0.25, -0.2) is 9.36 Å². The van der Waals surface area contributed by atoms with E-state index in [2.05, 4.69) is 15.1 Å². The first-order valence-electron chi connectivity index (χ1n) is 8.79. The highest BCUT2D eigenvalue weighted by Gasteiger charge is 2.33. The Morgan fingerprint density at radius 2 is 2.08 bits per heavy atom. The van der Waals surface area contributed by atoms with Gasteiger partial charge in [0, 0.05) is 25.0 Å². The Hall–Kier alpha value is -2.03. The van der Waals surface area contributed by atoms with Crippen molar-refractivity contribution < 1.29 is 9.84 Å². The number of piperidine rings is 1. The summed E-state index contributed by atoms with van der Waals surface area (Å²) < 4.78 is 8.55. The predicted molar refractivity (Wildman–Crippen MR) is 90.5 cm³/mol. The fourth-order valence-electron chi connectivity index (χ4n) is 3.69. The minimum absolute atomic E-state index is 0.0852. The van der Waals surface area contributed by atoms with Crippen LogP contribution in [0.5, 0.6) is 0 Å². The van der Waals surface area contributed by atoms with Crippen LogP contribution in [0.2, 0.25) is 0 Å². The summed E-state index contributed by atoms with van der Waals surface area (Å²) in [5.41, 5.74) is -0.0852. The molecule has 8 heteroatoms. The standard InChI is InChI=1S/C17H23N5O3/c23-15-12-25-11-14(15)20-8-4-13(5-9-20)10-22-17(24)3-2-16(19-22)21-7-1-6-18-21/h1-3,6-7,13-15,23H,4-5,8-12H2. The molecule has 0 bridgehead atoms. The van der Waals surface area contributed by atoms with E-state index in [0.717, 1.165) is 25.9 Å². The smallest absolute Gasteiger partial charge is 0.266 e. The first-order valence-corrected chi connectivity index (χ1v) is 8.79. The molecule has 2 atom stereocenters. The number of ether oxygens (including phenoxy) is 1. The van der Waals surface area contributed by atoms with Crippen LogP contribution in [0.3, 0.4) is 0 Å². The third-order valence-corrected chi connectivity index (χ3v) is 5.16. The molecule has 2 unspecified atom stereocenters. The van der Waals surface area contributed by atoms with Crippen molar-refractivity contribution in [3.63, 3.8) is 0 Å². The van der Waals surface area contributed by atoms with Crippen molar-refractivity contribution in [1.82, 2.24) is 24.5 Å². The molecule has 134 valence electrons. The average molecular weight is 345 g/mol. The predicted octanol–water partition coefficient (Wildman–Crippen LogP) is -0.0993. The van der Waals surface area contributed by atoms with Gasteiger partial charge in [-0.2, -0.15) is 5.10 Å². The quantitative estimate of drug-likeness (QED) is 0.833. The van der Waals surface area contributed by atoms with Crippen LogP contribution in [0.25, 0.3) is 5.82 Å². The number of aliphatic hydroxyl groups excluding tert-OH is 1. The monoisotopic (exact) mass is 345 g/mol. The molecule has 0 spiro atoms. The molecule has 25 heavy (non-hydrogen) atoms. The molecule has 0 saturated carbocycles. The summed E-state index contributed by atoms with van der Waals surface area (Å²) in [5.74, 6) is 1.06. The summed E-state index contributed by atoms with van der Waals surface area (Å²) in [6.45, 7) is 3.50. The normalized spacial score (nSPS) is 25.5. The number of aromatic nitrogens is 4. The summed E-state index contributed by atoms with van der Waals surface area (Å²) in [4.78, 5) is 14.5. The number of nitrogens with zero attached hydrogens (tertiary/aromatic N) is 5. The average Bonchev–Trinajstić information content (AvgIpc) is 3.29. The van der Waals surface area contributed by atoms with Gasteiger partial charge in [0.25, 0.3) is 5.56 Å². The van der Waals surface area contributed by atoms with E-state index < -0.39 is 0 Å². The van der Waals surface area contributed by atoms with Crippen molar-refractivity contribution in [2.45, 2.75) is 31.5 Å². The molecular formula is C17H23N5O3. The van der Waals surface area contributed by atoms with Crippen molar-refractivity contribution in [3.8, 4) is 5.82 Å². The number of rotatable bonds is 4. The Morgan fingerprint density at radius 1 is 1.24 bits per heavy atom. The Bertz CT molecular complexity index is 752. The van der Waals surface area contributed by atoms with Crippen LogP contribution in [0.4, 0.5) is 0 Å². The van der Waals surface area contributed by atoms with E-state index in [1.54, 1.807) is 27.7 Å². The maximum atomic E-state index is 12.1. The zero-order chi connectivity index (χ0) is 17.2. The van der Waals surface area contributed by atoms with Crippen LogP contribution < -0.4 is 5.56 Å². The van der Waals surface area contributed by atoms with Gasteiger partial charge in [-0.3, -0.25) is 9.69 Å². The lowest BCUT2D eigenvalue weighted by Crippen LogP contribution is -2.47. The third-order valence-electron chi connectivity index (χ3n) is 5.16. The highest BCUT2D eigenvalue weighted by molar-refractivity contribution is 5.17. The SMILES string of the molecule is O=c1ccc(-n2cccn2)nn1CC1CCN(C2COCC2O)CC1. The lowest BCUT2D eigenvalue weighted by molar-refractivity contribution is 0.0557. The van der Waals surface area contributed by atoms with E-state index in [1.807, 2.05) is 12.3 Å². The summed E-state index contributed by atoms with van der Waals surface area (Å²) in [7, 11) is 0. The lowest BCUT2D eigenvalue weighted by Gasteiger charge is -2.36. The summed E-state index contributed by atoms with van der Waals surface area (Å²) in [5, 5.41) is 18.6. The molecular weight excluding hydrogens is 322 g/mol. The highest BCUT2D eigenvalue weighted by atomic mass is 16.5. The zero-order valence-corrected chi connectivity index (χ0v) is 14.1. The van der Waals surface area contributed by atoms with E-state index >= 15 is 0 Å². The molecule has 0 amide bonds. The van der Waals surface area contributed by atoms with Gasteiger partial charge in [-0.05, 0) is 44.0 Å². The number of hydrogen-bond donors (Lipinski definition) is 1. The van der Waals surface area contributed by atoms with E-state index in [0.29, 0.717) is 31.5 Å². The van der Waals surface area contributed by atoms with Crippen molar-refractivity contribution in [1.29, 1.82) is 0 Å². The Morgan fingerprint density at radius 3 is 2.76 bits per heavy atom. The van der Waals surface area contributed by atoms with Gasteiger partial charge >= 0.3 is 0 Å². The molecule has 2 aromatic heterocycles. The minimum atomic E-state index is -0.383. The third kappa shape index (κ3) is 3.51. The second-order valence-electron chi connectivity index (χ2n) is 6.81. The Balaban J connectivity index is 1.40. The number of hydrogen-bond acceptors (Lipinski definition) is 6. The van der Waals surface area contributed by atoms with Gasteiger partial charge in [0.05, 0.1) is 25.4 Å². The minimum Gasteiger partial charge on any atom is -0.389 e. The largest absolute Gasteiger partial charge is 0.389 e. The van der Waals surface area contributed by atoms with Crippen LogP contribution in [-0.2, 0) is 11.3 Å².